The van der Waals surface area contributed by atoms with E-state index in [4.69, 9.17) is 0 Å². The number of hydrogen-bond acceptors (Lipinski definition) is 5. The Bertz CT molecular complexity index is 1120. The molecule has 28 heavy (non-hydrogen) atoms. The molecule has 0 aliphatic carbocycles. The zero-order valence-electron chi connectivity index (χ0n) is 14.6. The maximum absolute atomic E-state index is 13.9. The zero-order chi connectivity index (χ0) is 19.8. The molecule has 1 N–H and O–H groups in total. The standard InChI is InChI=1S/C18H14F2N3O3S.Pt/c1-18(2,14-7-4-8-16(22-14)27(24,25)26)13-6-3-5-12(21-13)11-9-10-15(19)23-17(11)20;/h3-8,10H,1-2H3,(H,24,25,26);/q-1;. The minimum Gasteiger partial charge on any atom is -0.300 e. The molecule has 0 aliphatic rings. The summed E-state index contributed by atoms with van der Waals surface area (Å²) in [5.74, 6) is -2.03. The Morgan fingerprint density at radius 3 is 2.21 bits per heavy atom. The zero-order valence-corrected chi connectivity index (χ0v) is 17.7. The molecule has 10 heteroatoms. The van der Waals surface area contributed by atoms with Gasteiger partial charge in [-0.3, -0.25) is 9.54 Å². The molecule has 3 aromatic heterocycles. The first-order valence-corrected chi connectivity index (χ1v) is 9.20. The molecule has 3 aromatic rings. The van der Waals surface area contributed by atoms with E-state index < -0.39 is 32.5 Å². The second-order valence-corrected chi connectivity index (χ2v) is 7.63. The van der Waals surface area contributed by atoms with Crippen molar-refractivity contribution in [2.75, 3.05) is 0 Å². The van der Waals surface area contributed by atoms with Crippen LogP contribution in [0.3, 0.4) is 0 Å². The van der Waals surface area contributed by atoms with E-state index >= 15 is 0 Å². The minimum atomic E-state index is -4.46. The predicted molar refractivity (Wildman–Crippen MR) is 92.4 cm³/mol. The van der Waals surface area contributed by atoms with Crippen LogP contribution in [0.25, 0.3) is 11.3 Å². The maximum Gasteiger partial charge on any atom is 0.312 e. The Hall–Kier alpha value is -2.09. The van der Waals surface area contributed by atoms with Crippen molar-refractivity contribution in [2.24, 2.45) is 0 Å². The van der Waals surface area contributed by atoms with E-state index in [1.807, 2.05) is 0 Å². The molecule has 0 aromatic carbocycles. The van der Waals surface area contributed by atoms with Crippen molar-refractivity contribution in [1.82, 2.24) is 15.0 Å². The van der Waals surface area contributed by atoms with Crippen molar-refractivity contribution < 1.29 is 42.8 Å². The number of aromatic nitrogens is 3. The van der Waals surface area contributed by atoms with Crippen molar-refractivity contribution in [3.63, 3.8) is 0 Å². The van der Waals surface area contributed by atoms with Crippen molar-refractivity contribution >= 4 is 10.1 Å². The largest absolute Gasteiger partial charge is 0.312 e. The Labute approximate surface area is 175 Å². The number of halogens is 2. The number of rotatable bonds is 4. The third kappa shape index (κ3) is 4.48. The van der Waals surface area contributed by atoms with E-state index in [1.165, 1.54) is 18.2 Å². The van der Waals surface area contributed by atoms with Gasteiger partial charge in [-0.1, -0.05) is 29.8 Å². The molecular formula is C18H14F2N3O3PtS-. The van der Waals surface area contributed by atoms with Crippen LogP contribution in [0.4, 0.5) is 8.78 Å². The quantitative estimate of drug-likeness (QED) is 0.288. The molecule has 0 saturated carbocycles. The van der Waals surface area contributed by atoms with Crippen LogP contribution in [0.5, 0.6) is 0 Å². The summed E-state index contributed by atoms with van der Waals surface area (Å²) in [4.78, 5) is 11.5. The molecule has 0 bridgehead atoms. The third-order valence-electron chi connectivity index (χ3n) is 4.02. The molecular weight excluding hydrogens is 571 g/mol. The predicted octanol–water partition coefficient (Wildman–Crippen LogP) is 3.19. The van der Waals surface area contributed by atoms with Crippen LogP contribution in [0, 0.1) is 18.0 Å². The Kier molecular flexibility index (Phi) is 6.43. The molecule has 0 spiro atoms. The van der Waals surface area contributed by atoms with Crippen LogP contribution in [-0.4, -0.2) is 27.9 Å². The van der Waals surface area contributed by atoms with Crippen LogP contribution < -0.4 is 0 Å². The fraction of sp³-hybridized carbons (Fsp3) is 0.167. The Morgan fingerprint density at radius 1 is 1.00 bits per heavy atom. The van der Waals surface area contributed by atoms with E-state index in [1.54, 1.807) is 32.0 Å². The van der Waals surface area contributed by atoms with Gasteiger partial charge in [0.2, 0.25) is 0 Å². The summed E-state index contributed by atoms with van der Waals surface area (Å²) in [7, 11) is -4.46. The van der Waals surface area contributed by atoms with E-state index in [0.29, 0.717) is 11.4 Å². The van der Waals surface area contributed by atoms with E-state index in [-0.39, 0.29) is 32.3 Å². The van der Waals surface area contributed by atoms with Crippen LogP contribution in [0.15, 0.2) is 47.5 Å². The van der Waals surface area contributed by atoms with Gasteiger partial charge in [-0.15, -0.1) is 6.07 Å². The smallest absolute Gasteiger partial charge is 0.300 e. The molecule has 0 atom stereocenters. The number of nitrogens with zero attached hydrogens (tertiary/aromatic N) is 3. The molecule has 0 aliphatic heterocycles. The molecule has 0 fully saturated rings. The third-order valence-corrected chi connectivity index (χ3v) is 4.78. The van der Waals surface area contributed by atoms with Gasteiger partial charge < -0.3 is 4.98 Å². The summed E-state index contributed by atoms with van der Waals surface area (Å²) < 4.78 is 58.8. The van der Waals surface area contributed by atoms with Gasteiger partial charge in [0, 0.05) is 32.2 Å². The van der Waals surface area contributed by atoms with Crippen LogP contribution in [0.2, 0.25) is 0 Å². The van der Waals surface area contributed by atoms with Crippen LogP contribution in [0.1, 0.15) is 25.2 Å². The molecule has 0 radical (unpaired) electrons. The summed E-state index contributed by atoms with van der Waals surface area (Å²) in [6.45, 7) is 3.50. The van der Waals surface area contributed by atoms with Gasteiger partial charge in [-0.25, -0.2) is 13.8 Å². The summed E-state index contributed by atoms with van der Waals surface area (Å²) >= 11 is 0. The molecule has 6 nitrogen and oxygen atoms in total. The fourth-order valence-corrected chi connectivity index (χ4v) is 2.98. The monoisotopic (exact) mass is 585 g/mol. The Balaban J connectivity index is 0.00000280. The SMILES string of the molecule is CC(C)(c1cccc(-c2[c-]cc(F)nc2F)n1)c1cccc(S(=O)(=O)O)n1.[Pt]. The maximum atomic E-state index is 13.9. The van der Waals surface area contributed by atoms with Gasteiger partial charge >= 0.3 is 10.1 Å². The first kappa shape index (κ1) is 22.2. The van der Waals surface area contributed by atoms with Gasteiger partial charge in [-0.05, 0) is 37.7 Å². The second kappa shape index (κ2) is 8.11. The first-order valence-electron chi connectivity index (χ1n) is 7.76. The molecule has 150 valence electrons. The molecule has 3 heterocycles. The molecule has 0 saturated heterocycles. The van der Waals surface area contributed by atoms with Gasteiger partial charge in [-0.2, -0.15) is 8.42 Å². The van der Waals surface area contributed by atoms with Crippen LogP contribution in [-0.2, 0) is 36.6 Å². The van der Waals surface area contributed by atoms with Crippen molar-refractivity contribution in [1.29, 1.82) is 0 Å². The normalized spacial score (nSPS) is 11.8. The molecule has 0 amide bonds. The first-order chi connectivity index (χ1) is 12.6. The minimum absolute atomic E-state index is 0. The Morgan fingerprint density at radius 2 is 1.61 bits per heavy atom. The van der Waals surface area contributed by atoms with Gasteiger partial charge in [0.25, 0.3) is 0 Å². The second-order valence-electron chi connectivity index (χ2n) is 6.26. The van der Waals surface area contributed by atoms with Crippen molar-refractivity contribution in [3.8, 4) is 11.3 Å². The number of pyridine rings is 3. The van der Waals surface area contributed by atoms with Gasteiger partial charge in [0.1, 0.15) is 11.9 Å². The topological polar surface area (TPSA) is 93.0 Å². The van der Waals surface area contributed by atoms with Gasteiger partial charge in [0.05, 0.1) is 5.69 Å². The summed E-state index contributed by atoms with van der Waals surface area (Å²) in [6, 6.07) is 12.4. The summed E-state index contributed by atoms with van der Waals surface area (Å²) in [6.07, 6.45) is 0. The summed E-state index contributed by atoms with van der Waals surface area (Å²) in [5, 5.41) is -0.480. The van der Waals surface area contributed by atoms with E-state index in [0.717, 1.165) is 6.07 Å². The number of hydrogen-bond donors (Lipinski definition) is 1. The van der Waals surface area contributed by atoms with E-state index in [9.17, 15) is 21.8 Å². The molecule has 0 unspecified atom stereocenters. The van der Waals surface area contributed by atoms with Crippen molar-refractivity contribution in [3.05, 3.63) is 71.8 Å². The van der Waals surface area contributed by atoms with Gasteiger partial charge in [0.15, 0.2) is 5.03 Å². The van der Waals surface area contributed by atoms with E-state index in [2.05, 4.69) is 21.0 Å². The average molecular weight is 585 g/mol. The summed E-state index contributed by atoms with van der Waals surface area (Å²) in [5.41, 5.74) is 0.0203. The van der Waals surface area contributed by atoms with Crippen LogP contribution >= 0.6 is 0 Å². The molecule has 3 rings (SSSR count). The average Bonchev–Trinajstić information content (AvgIpc) is 2.61. The van der Waals surface area contributed by atoms with Crippen molar-refractivity contribution in [2.45, 2.75) is 24.3 Å². The fourth-order valence-electron chi connectivity index (χ4n) is 2.51.